The molecule has 0 bridgehead atoms. The average Bonchev–Trinajstić information content (AvgIpc) is 2.38. The molecule has 3 unspecified atom stereocenters. The fraction of sp³-hybridized carbons (Fsp3) is 0.625. The van der Waals surface area contributed by atoms with Crippen LogP contribution in [0.3, 0.4) is 0 Å². The van der Waals surface area contributed by atoms with Crippen molar-refractivity contribution >= 4 is 9.84 Å². The molecule has 0 heterocycles. The quantitative estimate of drug-likeness (QED) is 0.908. The number of hydrogen-bond donors (Lipinski definition) is 1. The van der Waals surface area contributed by atoms with Crippen molar-refractivity contribution < 1.29 is 8.42 Å². The molecule has 1 aromatic rings. The topological polar surface area (TPSA) is 46.2 Å². The number of nitrogens with one attached hydrogen (secondary N) is 1. The Labute approximate surface area is 122 Å². The minimum absolute atomic E-state index is 0.0133. The summed E-state index contributed by atoms with van der Waals surface area (Å²) in [6.45, 7) is 1.97. The standard InChI is InChI=1S/C16H25NO2S/c1-13(12-20(2,18)19)17-16-11-7-6-10-15(16)14-8-4-3-5-9-14/h3-5,8-9,13,15-17H,6-7,10-12H2,1-2H3. The van der Waals surface area contributed by atoms with Gasteiger partial charge >= 0.3 is 0 Å². The maximum absolute atomic E-state index is 11.4. The molecule has 1 N–H and O–H groups in total. The molecule has 1 aliphatic rings. The molecule has 0 aliphatic heterocycles. The number of hydrogen-bond acceptors (Lipinski definition) is 3. The average molecular weight is 295 g/mol. The van der Waals surface area contributed by atoms with Crippen molar-refractivity contribution in [3.05, 3.63) is 35.9 Å². The Morgan fingerprint density at radius 2 is 1.85 bits per heavy atom. The molecular weight excluding hydrogens is 270 g/mol. The van der Waals surface area contributed by atoms with Crippen LogP contribution in [-0.2, 0) is 9.84 Å². The highest BCUT2D eigenvalue weighted by Crippen LogP contribution is 2.33. The van der Waals surface area contributed by atoms with E-state index in [9.17, 15) is 8.42 Å². The normalized spacial score (nSPS) is 25.3. The summed E-state index contributed by atoms with van der Waals surface area (Å²) in [5.41, 5.74) is 1.37. The zero-order valence-electron chi connectivity index (χ0n) is 12.4. The highest BCUT2D eigenvalue weighted by Gasteiger charge is 2.27. The molecule has 20 heavy (non-hydrogen) atoms. The van der Waals surface area contributed by atoms with Crippen LogP contribution >= 0.6 is 0 Å². The van der Waals surface area contributed by atoms with Crippen LogP contribution in [0, 0.1) is 0 Å². The lowest BCUT2D eigenvalue weighted by Gasteiger charge is -2.34. The maximum atomic E-state index is 11.4. The van der Waals surface area contributed by atoms with Gasteiger partial charge in [-0.3, -0.25) is 0 Å². The van der Waals surface area contributed by atoms with Gasteiger partial charge in [0.05, 0.1) is 5.75 Å². The molecule has 1 aliphatic carbocycles. The molecule has 1 aromatic carbocycles. The van der Waals surface area contributed by atoms with Gasteiger partial charge in [0.1, 0.15) is 9.84 Å². The van der Waals surface area contributed by atoms with Crippen molar-refractivity contribution in [1.29, 1.82) is 0 Å². The third-order valence-corrected chi connectivity index (χ3v) is 5.15. The summed E-state index contributed by atoms with van der Waals surface area (Å²) in [6.07, 6.45) is 6.12. The van der Waals surface area contributed by atoms with Crippen LogP contribution in [0.1, 0.15) is 44.1 Å². The molecule has 4 heteroatoms. The Morgan fingerprint density at radius 1 is 1.20 bits per heavy atom. The van der Waals surface area contributed by atoms with E-state index in [1.54, 1.807) is 0 Å². The Bertz CT molecular complexity index is 513. The second-order valence-electron chi connectivity index (χ2n) is 6.07. The second kappa shape index (κ2) is 6.72. The molecule has 2 rings (SSSR count). The summed E-state index contributed by atoms with van der Waals surface area (Å²) >= 11 is 0. The monoisotopic (exact) mass is 295 g/mol. The van der Waals surface area contributed by atoms with E-state index in [4.69, 9.17) is 0 Å². The summed E-state index contributed by atoms with van der Waals surface area (Å²) in [4.78, 5) is 0. The molecule has 112 valence electrons. The second-order valence-corrected chi connectivity index (χ2v) is 8.25. The van der Waals surface area contributed by atoms with Gasteiger partial charge in [-0.2, -0.15) is 0 Å². The molecule has 3 nitrogen and oxygen atoms in total. The molecule has 1 saturated carbocycles. The number of rotatable bonds is 5. The molecule has 1 fully saturated rings. The smallest absolute Gasteiger partial charge is 0.148 e. The van der Waals surface area contributed by atoms with Gasteiger partial charge in [-0.25, -0.2) is 8.42 Å². The third-order valence-electron chi connectivity index (χ3n) is 4.05. The molecule has 0 amide bonds. The first-order chi connectivity index (χ1) is 9.46. The highest BCUT2D eigenvalue weighted by molar-refractivity contribution is 7.90. The first kappa shape index (κ1) is 15.5. The largest absolute Gasteiger partial charge is 0.310 e. The molecule has 0 radical (unpaired) electrons. The molecule has 0 aromatic heterocycles. The molecule has 3 atom stereocenters. The Kier molecular flexibility index (Phi) is 5.22. The van der Waals surface area contributed by atoms with Gasteiger partial charge in [0, 0.05) is 18.3 Å². The maximum Gasteiger partial charge on any atom is 0.148 e. The van der Waals surface area contributed by atoms with Crippen LogP contribution in [0.25, 0.3) is 0 Å². The van der Waals surface area contributed by atoms with Crippen LogP contribution in [0.4, 0.5) is 0 Å². The van der Waals surface area contributed by atoms with Crippen molar-refractivity contribution in [2.75, 3.05) is 12.0 Å². The van der Waals surface area contributed by atoms with E-state index in [2.05, 4.69) is 29.6 Å². The van der Waals surface area contributed by atoms with Crippen LogP contribution in [-0.4, -0.2) is 32.5 Å². The summed E-state index contributed by atoms with van der Waals surface area (Å²) in [6, 6.07) is 11.0. The highest BCUT2D eigenvalue weighted by atomic mass is 32.2. The number of sulfone groups is 1. The van der Waals surface area contributed by atoms with Crippen molar-refractivity contribution in [3.8, 4) is 0 Å². The first-order valence-electron chi connectivity index (χ1n) is 7.44. The summed E-state index contributed by atoms with van der Waals surface area (Å²) in [5.74, 6) is 0.720. The Hall–Kier alpha value is -0.870. The fourth-order valence-electron chi connectivity index (χ4n) is 3.30. The van der Waals surface area contributed by atoms with Crippen molar-refractivity contribution in [1.82, 2.24) is 5.32 Å². The third kappa shape index (κ3) is 4.60. The summed E-state index contributed by atoms with van der Waals surface area (Å²) in [5, 5.41) is 3.54. The minimum atomic E-state index is -2.92. The van der Waals surface area contributed by atoms with E-state index >= 15 is 0 Å². The Morgan fingerprint density at radius 3 is 2.50 bits per heavy atom. The summed E-state index contributed by atoms with van der Waals surface area (Å²) in [7, 11) is -2.92. The van der Waals surface area contributed by atoms with E-state index in [0.717, 1.165) is 6.42 Å². The van der Waals surface area contributed by atoms with Gasteiger partial charge in [-0.15, -0.1) is 0 Å². The van der Waals surface area contributed by atoms with Gasteiger partial charge < -0.3 is 5.32 Å². The van der Waals surface area contributed by atoms with Gasteiger partial charge in [-0.1, -0.05) is 43.2 Å². The molecule has 0 saturated heterocycles. The van der Waals surface area contributed by atoms with E-state index in [1.807, 2.05) is 13.0 Å². The lowest BCUT2D eigenvalue weighted by molar-refractivity contribution is 0.310. The minimum Gasteiger partial charge on any atom is -0.310 e. The Balaban J connectivity index is 2.04. The fourth-order valence-corrected chi connectivity index (χ4v) is 4.30. The first-order valence-corrected chi connectivity index (χ1v) is 9.50. The van der Waals surface area contributed by atoms with Crippen LogP contribution in [0.5, 0.6) is 0 Å². The van der Waals surface area contributed by atoms with Crippen LogP contribution < -0.4 is 5.32 Å². The van der Waals surface area contributed by atoms with E-state index < -0.39 is 9.84 Å². The lowest BCUT2D eigenvalue weighted by atomic mass is 9.80. The van der Waals surface area contributed by atoms with Crippen LogP contribution in [0.15, 0.2) is 30.3 Å². The molecule has 0 spiro atoms. The van der Waals surface area contributed by atoms with Crippen LogP contribution in [0.2, 0.25) is 0 Å². The predicted octanol–water partition coefficient (Wildman–Crippen LogP) is 2.74. The number of benzene rings is 1. The van der Waals surface area contributed by atoms with Crippen molar-refractivity contribution in [3.63, 3.8) is 0 Å². The van der Waals surface area contributed by atoms with Gasteiger partial charge in [-0.05, 0) is 31.2 Å². The van der Waals surface area contributed by atoms with E-state index in [0.29, 0.717) is 12.0 Å². The van der Waals surface area contributed by atoms with Gasteiger partial charge in [0.15, 0.2) is 0 Å². The van der Waals surface area contributed by atoms with Gasteiger partial charge in [0.2, 0.25) is 0 Å². The zero-order chi connectivity index (χ0) is 14.6. The summed E-state index contributed by atoms with van der Waals surface area (Å²) < 4.78 is 22.8. The van der Waals surface area contributed by atoms with E-state index in [1.165, 1.54) is 31.1 Å². The molecular formula is C16H25NO2S. The zero-order valence-corrected chi connectivity index (χ0v) is 13.2. The SMILES string of the molecule is CC(CS(C)(=O)=O)NC1CCCCC1c1ccccc1. The van der Waals surface area contributed by atoms with Crippen molar-refractivity contribution in [2.24, 2.45) is 0 Å². The lowest BCUT2D eigenvalue weighted by Crippen LogP contribution is -2.44. The predicted molar refractivity (Wildman–Crippen MR) is 83.7 cm³/mol. The van der Waals surface area contributed by atoms with E-state index in [-0.39, 0.29) is 11.8 Å². The van der Waals surface area contributed by atoms with Crippen molar-refractivity contribution in [2.45, 2.75) is 50.6 Å². The van der Waals surface area contributed by atoms with Gasteiger partial charge in [0.25, 0.3) is 0 Å².